The fraction of sp³-hybridized carbons (Fsp3) is 0.231. The molecule has 0 amide bonds. The van der Waals surface area contributed by atoms with Crippen LogP contribution in [-0.2, 0) is 13.0 Å². The number of nitrogens with zero attached hydrogens (tertiary/aromatic N) is 2. The van der Waals surface area contributed by atoms with Gasteiger partial charge in [0, 0.05) is 29.2 Å². The van der Waals surface area contributed by atoms with Crippen LogP contribution in [0.2, 0.25) is 0 Å². The molecule has 1 aromatic heterocycles. The van der Waals surface area contributed by atoms with Crippen LogP contribution in [0.5, 0.6) is 0 Å². The highest BCUT2D eigenvalue weighted by molar-refractivity contribution is 9.10. The summed E-state index contributed by atoms with van der Waals surface area (Å²) in [4.78, 5) is 12.1. The largest absolute Gasteiger partial charge is 0.294 e. The summed E-state index contributed by atoms with van der Waals surface area (Å²) in [5.74, 6) is -0.422. The van der Waals surface area contributed by atoms with Crippen molar-refractivity contribution >= 4 is 21.7 Å². The molecule has 0 radical (unpaired) electrons. The smallest absolute Gasteiger partial charge is 0.168 e. The van der Waals surface area contributed by atoms with Crippen LogP contribution in [0, 0.1) is 5.82 Å². The lowest BCUT2D eigenvalue weighted by molar-refractivity contribution is 0.0992. The Bertz CT molecular complexity index is 580. The molecule has 0 atom stereocenters. The van der Waals surface area contributed by atoms with Crippen molar-refractivity contribution in [1.29, 1.82) is 0 Å². The van der Waals surface area contributed by atoms with Crippen LogP contribution in [0.25, 0.3) is 0 Å². The summed E-state index contributed by atoms with van der Waals surface area (Å²) in [5.41, 5.74) is 1.35. The maximum absolute atomic E-state index is 12.9. The van der Waals surface area contributed by atoms with E-state index in [9.17, 15) is 9.18 Å². The van der Waals surface area contributed by atoms with E-state index in [1.165, 1.54) is 18.2 Å². The summed E-state index contributed by atoms with van der Waals surface area (Å²) in [6.45, 7) is 2.75. The molecule has 0 spiro atoms. The molecule has 3 nitrogen and oxygen atoms in total. The summed E-state index contributed by atoms with van der Waals surface area (Å²) < 4.78 is 15.2. The van der Waals surface area contributed by atoms with Crippen LogP contribution in [-0.4, -0.2) is 15.6 Å². The van der Waals surface area contributed by atoms with Crippen LogP contribution in [0.15, 0.2) is 35.1 Å². The normalized spacial score (nSPS) is 10.6. The molecule has 0 bridgehead atoms. The van der Waals surface area contributed by atoms with E-state index in [0.717, 1.165) is 12.1 Å². The van der Waals surface area contributed by atoms with Gasteiger partial charge in [-0.2, -0.15) is 5.10 Å². The molecule has 5 heteroatoms. The zero-order valence-corrected chi connectivity index (χ0v) is 11.4. The summed E-state index contributed by atoms with van der Waals surface area (Å²) in [7, 11) is 0. The van der Waals surface area contributed by atoms with Crippen LogP contribution < -0.4 is 0 Å². The molecule has 94 valence electrons. The number of benzene rings is 1. The van der Waals surface area contributed by atoms with E-state index >= 15 is 0 Å². The van der Waals surface area contributed by atoms with Crippen LogP contribution in [0.1, 0.15) is 22.8 Å². The van der Waals surface area contributed by atoms with Crippen LogP contribution in [0.3, 0.4) is 0 Å². The molecule has 1 heterocycles. The van der Waals surface area contributed by atoms with Crippen molar-refractivity contribution in [3.63, 3.8) is 0 Å². The molecule has 0 fully saturated rings. The molecule has 18 heavy (non-hydrogen) atoms. The van der Waals surface area contributed by atoms with Gasteiger partial charge in [-0.3, -0.25) is 9.48 Å². The Labute approximate surface area is 113 Å². The fourth-order valence-corrected chi connectivity index (χ4v) is 2.24. The van der Waals surface area contributed by atoms with Gasteiger partial charge in [-0.25, -0.2) is 4.39 Å². The van der Waals surface area contributed by atoms with Crippen molar-refractivity contribution in [1.82, 2.24) is 9.78 Å². The Kier molecular flexibility index (Phi) is 3.91. The number of carbonyl (C=O) groups is 1. The maximum Gasteiger partial charge on any atom is 0.168 e. The van der Waals surface area contributed by atoms with Gasteiger partial charge in [0.15, 0.2) is 5.78 Å². The van der Waals surface area contributed by atoms with E-state index in [4.69, 9.17) is 0 Å². The first-order chi connectivity index (χ1) is 8.60. The molecule has 1 aromatic carbocycles. The summed E-state index contributed by atoms with van der Waals surface area (Å²) in [5, 5.41) is 4.11. The number of aryl methyl sites for hydroxylation is 1. The number of carbonyl (C=O) groups excluding carboxylic acids is 1. The molecule has 0 aliphatic rings. The van der Waals surface area contributed by atoms with Gasteiger partial charge < -0.3 is 0 Å². The molecular weight excluding hydrogens is 299 g/mol. The number of rotatable bonds is 4. The van der Waals surface area contributed by atoms with E-state index in [-0.39, 0.29) is 18.0 Å². The minimum atomic E-state index is -0.364. The van der Waals surface area contributed by atoms with Gasteiger partial charge in [0.1, 0.15) is 5.82 Å². The Morgan fingerprint density at radius 3 is 2.89 bits per heavy atom. The number of Topliss-reactive ketones (excluding diaryl/α,β-unsaturated/α-hetero) is 1. The fourth-order valence-electron chi connectivity index (χ4n) is 1.67. The summed E-state index contributed by atoms with van der Waals surface area (Å²) >= 11 is 3.20. The molecular formula is C13H12BrFN2O. The van der Waals surface area contributed by atoms with Gasteiger partial charge in [0.05, 0.1) is 6.20 Å². The maximum atomic E-state index is 12.9. The van der Waals surface area contributed by atoms with Crippen molar-refractivity contribution in [3.8, 4) is 0 Å². The monoisotopic (exact) mass is 310 g/mol. The standard InChI is InChI=1S/C13H12BrFN2O/c1-2-17-8-9(7-16-17)5-13(18)11-4-3-10(15)6-12(11)14/h3-4,6-8H,2,5H2,1H3. The molecule has 0 N–H and O–H groups in total. The van der Waals surface area contributed by atoms with Crippen LogP contribution >= 0.6 is 15.9 Å². The van der Waals surface area contributed by atoms with Gasteiger partial charge in [0.25, 0.3) is 0 Å². The third-order valence-electron chi connectivity index (χ3n) is 2.61. The summed E-state index contributed by atoms with van der Waals surface area (Å²) in [6.07, 6.45) is 3.79. The highest BCUT2D eigenvalue weighted by atomic mass is 79.9. The highest BCUT2D eigenvalue weighted by Crippen LogP contribution is 2.19. The number of hydrogen-bond donors (Lipinski definition) is 0. The van der Waals surface area contributed by atoms with E-state index in [1.54, 1.807) is 10.9 Å². The number of halogens is 2. The SMILES string of the molecule is CCn1cc(CC(=O)c2ccc(F)cc2Br)cn1. The van der Waals surface area contributed by atoms with Crippen molar-refractivity contribution < 1.29 is 9.18 Å². The second kappa shape index (κ2) is 5.44. The van der Waals surface area contributed by atoms with Crippen molar-refractivity contribution in [2.24, 2.45) is 0 Å². The zero-order valence-electron chi connectivity index (χ0n) is 9.86. The molecule has 2 aromatic rings. The van der Waals surface area contributed by atoms with Gasteiger partial charge in [-0.1, -0.05) is 0 Å². The topological polar surface area (TPSA) is 34.9 Å². The lowest BCUT2D eigenvalue weighted by Crippen LogP contribution is -2.04. The molecule has 0 aliphatic heterocycles. The predicted molar refractivity (Wildman–Crippen MR) is 70.0 cm³/mol. The van der Waals surface area contributed by atoms with E-state index < -0.39 is 0 Å². The first-order valence-corrected chi connectivity index (χ1v) is 6.39. The van der Waals surface area contributed by atoms with Crippen molar-refractivity contribution in [2.45, 2.75) is 19.9 Å². The van der Waals surface area contributed by atoms with Crippen molar-refractivity contribution in [2.75, 3.05) is 0 Å². The minimum Gasteiger partial charge on any atom is -0.294 e. The molecule has 0 unspecified atom stereocenters. The summed E-state index contributed by atoms with van der Waals surface area (Å²) in [6, 6.07) is 4.07. The second-order valence-corrected chi connectivity index (χ2v) is 4.78. The second-order valence-electron chi connectivity index (χ2n) is 3.93. The van der Waals surface area contributed by atoms with Gasteiger partial charge in [0.2, 0.25) is 0 Å². The third-order valence-corrected chi connectivity index (χ3v) is 3.26. The molecule has 0 aliphatic carbocycles. The van der Waals surface area contributed by atoms with E-state index in [1.807, 2.05) is 13.1 Å². The Hall–Kier alpha value is -1.49. The predicted octanol–water partition coefficient (Wildman–Crippen LogP) is 3.23. The van der Waals surface area contributed by atoms with Crippen molar-refractivity contribution in [3.05, 3.63) is 52.0 Å². The van der Waals surface area contributed by atoms with Crippen LogP contribution in [0.4, 0.5) is 4.39 Å². The Morgan fingerprint density at radius 1 is 1.50 bits per heavy atom. The molecule has 0 saturated carbocycles. The third kappa shape index (κ3) is 2.85. The van der Waals surface area contributed by atoms with Gasteiger partial charge in [-0.05, 0) is 46.6 Å². The van der Waals surface area contributed by atoms with E-state index in [0.29, 0.717) is 10.0 Å². The average Bonchev–Trinajstić information content (AvgIpc) is 2.76. The zero-order chi connectivity index (χ0) is 13.1. The lowest BCUT2D eigenvalue weighted by Gasteiger charge is -2.02. The number of hydrogen-bond acceptors (Lipinski definition) is 2. The number of aromatic nitrogens is 2. The Morgan fingerprint density at radius 2 is 2.28 bits per heavy atom. The van der Waals surface area contributed by atoms with Gasteiger partial charge >= 0.3 is 0 Å². The Balaban J connectivity index is 2.16. The van der Waals surface area contributed by atoms with Gasteiger partial charge in [-0.15, -0.1) is 0 Å². The minimum absolute atomic E-state index is 0.0578. The first kappa shape index (κ1) is 13.0. The molecule has 2 rings (SSSR count). The first-order valence-electron chi connectivity index (χ1n) is 5.59. The lowest BCUT2D eigenvalue weighted by atomic mass is 10.1. The quantitative estimate of drug-likeness (QED) is 0.813. The average molecular weight is 311 g/mol. The molecule has 0 saturated heterocycles. The number of ketones is 1. The van der Waals surface area contributed by atoms with E-state index in [2.05, 4.69) is 21.0 Å². The highest BCUT2D eigenvalue weighted by Gasteiger charge is 2.12.